The highest BCUT2D eigenvalue weighted by molar-refractivity contribution is 6.08. The van der Waals surface area contributed by atoms with E-state index in [2.05, 4.69) is 4.74 Å². The van der Waals surface area contributed by atoms with E-state index in [1.807, 2.05) is 0 Å². The van der Waals surface area contributed by atoms with Crippen LogP contribution in [0.2, 0.25) is 0 Å². The van der Waals surface area contributed by atoms with Crippen LogP contribution in [-0.2, 0) is 14.3 Å². The lowest BCUT2D eigenvalue weighted by Crippen LogP contribution is -2.37. The standard InChI is InChI=1S/C7H8O6/c8-1-2(9)5-4(10)3-6(11)7(3,12)13-5/h3-5,8,10,12H,1H2. The Morgan fingerprint density at radius 2 is 2.23 bits per heavy atom. The summed E-state index contributed by atoms with van der Waals surface area (Å²) in [4.78, 5) is 21.7. The summed E-state index contributed by atoms with van der Waals surface area (Å²) in [6, 6.07) is 0. The van der Waals surface area contributed by atoms with E-state index in [0.717, 1.165) is 0 Å². The van der Waals surface area contributed by atoms with Crippen LogP contribution in [-0.4, -0.2) is 51.5 Å². The second-order valence-electron chi connectivity index (χ2n) is 3.19. The van der Waals surface area contributed by atoms with Crippen LogP contribution in [0.5, 0.6) is 0 Å². The maximum absolute atomic E-state index is 10.9. The van der Waals surface area contributed by atoms with E-state index >= 15 is 0 Å². The van der Waals surface area contributed by atoms with Crippen LogP contribution in [0.1, 0.15) is 0 Å². The molecule has 6 heteroatoms. The number of carbonyl (C=O) groups excluding carboxylic acids is 2. The summed E-state index contributed by atoms with van der Waals surface area (Å²) in [5, 5.41) is 27.0. The molecule has 1 saturated heterocycles. The van der Waals surface area contributed by atoms with E-state index in [1.54, 1.807) is 0 Å². The fourth-order valence-electron chi connectivity index (χ4n) is 1.60. The Morgan fingerprint density at radius 1 is 1.62 bits per heavy atom. The molecule has 4 unspecified atom stereocenters. The zero-order valence-corrected chi connectivity index (χ0v) is 6.51. The number of rotatable bonds is 2. The number of ketones is 2. The minimum atomic E-state index is -1.98. The average molecular weight is 188 g/mol. The Morgan fingerprint density at radius 3 is 2.62 bits per heavy atom. The fourth-order valence-corrected chi connectivity index (χ4v) is 1.60. The highest BCUT2D eigenvalue weighted by Gasteiger charge is 2.77. The number of ether oxygens (including phenoxy) is 1. The van der Waals surface area contributed by atoms with E-state index in [9.17, 15) is 19.8 Å². The number of aliphatic hydroxyl groups excluding tert-OH is 2. The summed E-state index contributed by atoms with van der Waals surface area (Å²) >= 11 is 0. The maximum atomic E-state index is 10.9. The Hall–Kier alpha value is -0.820. The van der Waals surface area contributed by atoms with Crippen LogP contribution in [0.25, 0.3) is 0 Å². The van der Waals surface area contributed by atoms with E-state index in [1.165, 1.54) is 0 Å². The summed E-state index contributed by atoms with van der Waals surface area (Å²) in [6.07, 6.45) is -2.62. The van der Waals surface area contributed by atoms with Crippen molar-refractivity contribution in [2.24, 2.45) is 5.92 Å². The van der Waals surface area contributed by atoms with Crippen LogP contribution in [0.4, 0.5) is 0 Å². The Labute approximate surface area is 72.7 Å². The van der Waals surface area contributed by atoms with Crippen molar-refractivity contribution in [2.75, 3.05) is 6.61 Å². The number of aliphatic hydroxyl groups is 3. The lowest BCUT2D eigenvalue weighted by atomic mass is 10.1. The van der Waals surface area contributed by atoms with Gasteiger partial charge in [-0.15, -0.1) is 0 Å². The quantitative estimate of drug-likeness (QED) is 0.432. The summed E-state index contributed by atoms with van der Waals surface area (Å²) in [7, 11) is 0. The lowest BCUT2D eigenvalue weighted by Gasteiger charge is -2.14. The van der Waals surface area contributed by atoms with E-state index < -0.39 is 42.1 Å². The van der Waals surface area contributed by atoms with E-state index in [4.69, 9.17) is 5.11 Å². The summed E-state index contributed by atoms with van der Waals surface area (Å²) in [5.74, 6) is -4.34. The highest BCUT2D eigenvalue weighted by atomic mass is 16.7. The van der Waals surface area contributed by atoms with Crippen LogP contribution >= 0.6 is 0 Å². The second-order valence-corrected chi connectivity index (χ2v) is 3.19. The van der Waals surface area contributed by atoms with Crippen molar-refractivity contribution >= 4 is 11.6 Å². The van der Waals surface area contributed by atoms with Gasteiger partial charge in [-0.3, -0.25) is 9.59 Å². The summed E-state index contributed by atoms with van der Waals surface area (Å²) in [5.41, 5.74) is 0. The van der Waals surface area contributed by atoms with Gasteiger partial charge in [0.15, 0.2) is 5.78 Å². The van der Waals surface area contributed by atoms with Crippen LogP contribution < -0.4 is 0 Å². The molecule has 2 rings (SSSR count). The molecule has 1 saturated carbocycles. The molecule has 0 aromatic rings. The third-order valence-electron chi connectivity index (χ3n) is 2.41. The van der Waals surface area contributed by atoms with E-state index in [-0.39, 0.29) is 0 Å². The fraction of sp³-hybridized carbons (Fsp3) is 0.714. The molecule has 0 aromatic heterocycles. The molecule has 2 aliphatic rings. The highest BCUT2D eigenvalue weighted by Crippen LogP contribution is 2.50. The predicted molar refractivity (Wildman–Crippen MR) is 36.4 cm³/mol. The van der Waals surface area contributed by atoms with Gasteiger partial charge in [0.2, 0.25) is 11.6 Å². The van der Waals surface area contributed by atoms with Crippen molar-refractivity contribution in [3.63, 3.8) is 0 Å². The first kappa shape index (κ1) is 8.76. The molecule has 0 amide bonds. The molecular formula is C7H8O6. The zero-order valence-electron chi connectivity index (χ0n) is 6.51. The average Bonchev–Trinajstić information content (AvgIpc) is 2.48. The van der Waals surface area contributed by atoms with Crippen LogP contribution in [0.15, 0.2) is 0 Å². The molecule has 13 heavy (non-hydrogen) atoms. The molecule has 6 nitrogen and oxygen atoms in total. The van der Waals surface area contributed by atoms with Gasteiger partial charge in [-0.25, -0.2) is 0 Å². The Bertz CT molecular complexity index is 287. The molecule has 1 aliphatic heterocycles. The Balaban J connectivity index is 2.15. The lowest BCUT2D eigenvalue weighted by molar-refractivity contribution is -0.170. The largest absolute Gasteiger partial charge is 0.389 e. The summed E-state index contributed by atoms with van der Waals surface area (Å²) < 4.78 is 4.65. The molecule has 1 aliphatic carbocycles. The smallest absolute Gasteiger partial charge is 0.240 e. The molecule has 72 valence electrons. The topological polar surface area (TPSA) is 104 Å². The van der Waals surface area contributed by atoms with Crippen molar-refractivity contribution in [3.05, 3.63) is 0 Å². The summed E-state index contributed by atoms with van der Waals surface area (Å²) in [6.45, 7) is -0.779. The number of hydrogen-bond donors (Lipinski definition) is 3. The van der Waals surface area contributed by atoms with E-state index in [0.29, 0.717) is 0 Å². The van der Waals surface area contributed by atoms with Crippen molar-refractivity contribution in [3.8, 4) is 0 Å². The molecule has 0 aromatic carbocycles. The van der Waals surface area contributed by atoms with Crippen molar-refractivity contribution in [2.45, 2.75) is 18.0 Å². The third-order valence-corrected chi connectivity index (χ3v) is 2.41. The second kappa shape index (κ2) is 2.36. The molecule has 0 bridgehead atoms. The van der Waals surface area contributed by atoms with Gasteiger partial charge in [0.1, 0.15) is 24.7 Å². The number of hydrogen-bond acceptors (Lipinski definition) is 6. The van der Waals surface area contributed by atoms with Gasteiger partial charge in [-0.1, -0.05) is 0 Å². The molecule has 0 radical (unpaired) electrons. The predicted octanol–water partition coefficient (Wildman–Crippen LogP) is -2.81. The van der Waals surface area contributed by atoms with Crippen molar-refractivity contribution < 1.29 is 29.6 Å². The van der Waals surface area contributed by atoms with Gasteiger partial charge in [-0.2, -0.15) is 0 Å². The molecule has 2 fully saturated rings. The Kier molecular flexibility index (Phi) is 1.59. The number of Topliss-reactive ketones (excluding diaryl/α,β-unsaturated/α-hetero) is 2. The monoisotopic (exact) mass is 188 g/mol. The number of fused-ring (bicyclic) bond motifs is 1. The molecule has 1 heterocycles. The normalized spacial score (nSPS) is 47.6. The SMILES string of the molecule is O=C(CO)C1OC2(O)C(=O)C2C1O. The molecule has 4 atom stereocenters. The van der Waals surface area contributed by atoms with Gasteiger partial charge < -0.3 is 20.1 Å². The van der Waals surface area contributed by atoms with Gasteiger partial charge in [0.25, 0.3) is 0 Å². The number of carbonyl (C=O) groups is 2. The first-order chi connectivity index (χ1) is 6.02. The molecular weight excluding hydrogens is 180 g/mol. The molecule has 3 N–H and O–H groups in total. The van der Waals surface area contributed by atoms with Crippen molar-refractivity contribution in [1.82, 2.24) is 0 Å². The van der Waals surface area contributed by atoms with Crippen molar-refractivity contribution in [1.29, 1.82) is 0 Å². The van der Waals surface area contributed by atoms with Crippen LogP contribution in [0, 0.1) is 5.92 Å². The molecule has 0 spiro atoms. The van der Waals surface area contributed by atoms with Gasteiger partial charge in [0.05, 0.1) is 0 Å². The minimum Gasteiger partial charge on any atom is -0.389 e. The van der Waals surface area contributed by atoms with Gasteiger partial charge >= 0.3 is 0 Å². The van der Waals surface area contributed by atoms with Crippen LogP contribution in [0.3, 0.4) is 0 Å². The maximum Gasteiger partial charge on any atom is 0.240 e. The minimum absolute atomic E-state index is 0.609. The first-order valence-electron chi connectivity index (χ1n) is 3.78. The van der Waals surface area contributed by atoms with Gasteiger partial charge in [-0.05, 0) is 0 Å². The zero-order chi connectivity index (χ0) is 9.80. The third kappa shape index (κ3) is 0.910. The van der Waals surface area contributed by atoms with Gasteiger partial charge in [0, 0.05) is 0 Å². The first-order valence-corrected chi connectivity index (χ1v) is 3.78.